The molecule has 0 amide bonds. The fraction of sp³-hybridized carbons (Fsp3) is 0.538. The molecule has 0 aromatic heterocycles. The van der Waals surface area contributed by atoms with Gasteiger partial charge in [-0.25, -0.2) is 0 Å². The zero-order chi connectivity index (χ0) is 11.4. The van der Waals surface area contributed by atoms with Crippen LogP contribution in [0.25, 0.3) is 0 Å². The highest BCUT2D eigenvalue weighted by molar-refractivity contribution is 5.13. The molecule has 1 aromatic rings. The van der Waals surface area contributed by atoms with E-state index in [4.69, 9.17) is 9.47 Å². The van der Waals surface area contributed by atoms with Crippen LogP contribution in [0.2, 0.25) is 0 Å². The monoisotopic (exact) mass is 222 g/mol. The van der Waals surface area contributed by atoms with Crippen molar-refractivity contribution in [2.24, 2.45) is 0 Å². The second kappa shape index (κ2) is 5.43. The fourth-order valence-electron chi connectivity index (χ4n) is 2.13. The molecule has 1 saturated carbocycles. The van der Waals surface area contributed by atoms with Gasteiger partial charge in [-0.3, -0.25) is 0 Å². The maximum Gasteiger partial charge on any atom is 0.106 e. The highest BCUT2D eigenvalue weighted by Gasteiger charge is 2.35. The third-order valence-corrected chi connectivity index (χ3v) is 3.11. The quantitative estimate of drug-likeness (QED) is 0.843. The van der Waals surface area contributed by atoms with E-state index < -0.39 is 6.10 Å². The van der Waals surface area contributed by atoms with E-state index in [2.05, 4.69) is 0 Å². The summed E-state index contributed by atoms with van der Waals surface area (Å²) in [6.45, 7) is 0.555. The Kier molecular flexibility index (Phi) is 3.93. The first kappa shape index (κ1) is 11.6. The van der Waals surface area contributed by atoms with Crippen LogP contribution in [0.1, 0.15) is 18.4 Å². The van der Waals surface area contributed by atoms with E-state index in [9.17, 15) is 5.11 Å². The SMILES string of the molecule is CO[C@@H]1CC[C@@H](OCc2ccccc2)[C@H]1O. The molecule has 3 nitrogen and oxygen atoms in total. The van der Waals surface area contributed by atoms with E-state index in [1.54, 1.807) is 7.11 Å². The number of ether oxygens (including phenoxy) is 2. The van der Waals surface area contributed by atoms with Gasteiger partial charge in [0.2, 0.25) is 0 Å². The second-order valence-corrected chi connectivity index (χ2v) is 4.18. The summed E-state index contributed by atoms with van der Waals surface area (Å²) in [5.74, 6) is 0. The van der Waals surface area contributed by atoms with E-state index in [0.29, 0.717) is 6.61 Å². The van der Waals surface area contributed by atoms with Gasteiger partial charge in [-0.15, -0.1) is 0 Å². The summed E-state index contributed by atoms with van der Waals surface area (Å²) < 4.78 is 10.9. The van der Waals surface area contributed by atoms with Crippen molar-refractivity contribution in [2.45, 2.75) is 37.8 Å². The van der Waals surface area contributed by atoms with E-state index in [1.165, 1.54) is 0 Å². The number of rotatable bonds is 4. The summed E-state index contributed by atoms with van der Waals surface area (Å²) in [5.41, 5.74) is 1.13. The van der Waals surface area contributed by atoms with Crippen LogP contribution in [-0.2, 0) is 16.1 Å². The van der Waals surface area contributed by atoms with Gasteiger partial charge in [0.25, 0.3) is 0 Å². The smallest absolute Gasteiger partial charge is 0.106 e. The topological polar surface area (TPSA) is 38.7 Å². The lowest BCUT2D eigenvalue weighted by Gasteiger charge is -2.19. The first-order chi connectivity index (χ1) is 7.81. The Labute approximate surface area is 96.0 Å². The van der Waals surface area contributed by atoms with Gasteiger partial charge in [0.15, 0.2) is 0 Å². The molecule has 0 radical (unpaired) electrons. The van der Waals surface area contributed by atoms with Crippen LogP contribution in [0.4, 0.5) is 0 Å². The first-order valence-corrected chi connectivity index (χ1v) is 5.67. The number of methoxy groups -OCH3 is 1. The van der Waals surface area contributed by atoms with Crippen molar-refractivity contribution in [2.75, 3.05) is 7.11 Å². The first-order valence-electron chi connectivity index (χ1n) is 5.67. The number of benzene rings is 1. The molecule has 1 fully saturated rings. The molecule has 1 N–H and O–H groups in total. The predicted molar refractivity (Wildman–Crippen MR) is 61.1 cm³/mol. The summed E-state index contributed by atoms with van der Waals surface area (Å²) in [5, 5.41) is 9.88. The highest BCUT2D eigenvalue weighted by Crippen LogP contribution is 2.25. The third kappa shape index (κ3) is 2.61. The average Bonchev–Trinajstić information content (AvgIpc) is 2.69. The molecular formula is C13H18O3. The Balaban J connectivity index is 1.83. The standard InChI is InChI=1S/C13H18O3/c1-15-11-7-8-12(13(11)14)16-9-10-5-3-2-4-6-10/h2-6,11-14H,7-9H2,1H3/t11-,12-,13+/m1/s1. The number of aliphatic hydroxyl groups excluding tert-OH is 1. The largest absolute Gasteiger partial charge is 0.388 e. The fourth-order valence-corrected chi connectivity index (χ4v) is 2.13. The van der Waals surface area contributed by atoms with Crippen LogP contribution in [0.5, 0.6) is 0 Å². The summed E-state index contributed by atoms with van der Waals surface area (Å²) in [7, 11) is 1.63. The van der Waals surface area contributed by atoms with Gasteiger partial charge in [-0.05, 0) is 18.4 Å². The molecule has 88 valence electrons. The summed E-state index contributed by atoms with van der Waals surface area (Å²) in [4.78, 5) is 0. The molecule has 1 aliphatic carbocycles. The van der Waals surface area contributed by atoms with Crippen LogP contribution >= 0.6 is 0 Å². The van der Waals surface area contributed by atoms with Crippen molar-refractivity contribution in [3.8, 4) is 0 Å². The normalized spacial score (nSPS) is 29.5. The van der Waals surface area contributed by atoms with E-state index >= 15 is 0 Å². The van der Waals surface area contributed by atoms with Crippen molar-refractivity contribution in [1.82, 2.24) is 0 Å². The highest BCUT2D eigenvalue weighted by atomic mass is 16.5. The van der Waals surface area contributed by atoms with Gasteiger partial charge in [0, 0.05) is 7.11 Å². The Hall–Kier alpha value is -0.900. The second-order valence-electron chi connectivity index (χ2n) is 4.18. The number of aliphatic hydroxyl groups is 1. The molecule has 0 unspecified atom stereocenters. The van der Waals surface area contributed by atoms with Gasteiger partial charge in [0.1, 0.15) is 6.10 Å². The Bertz CT molecular complexity index is 312. The summed E-state index contributed by atoms with van der Waals surface area (Å²) >= 11 is 0. The van der Waals surface area contributed by atoms with Gasteiger partial charge in [0.05, 0.1) is 18.8 Å². The Morgan fingerprint density at radius 2 is 1.88 bits per heavy atom. The van der Waals surface area contributed by atoms with Gasteiger partial charge in [-0.1, -0.05) is 30.3 Å². The Morgan fingerprint density at radius 3 is 2.50 bits per heavy atom. The maximum absolute atomic E-state index is 9.88. The van der Waals surface area contributed by atoms with Crippen molar-refractivity contribution in [1.29, 1.82) is 0 Å². The lowest BCUT2D eigenvalue weighted by atomic mass is 10.2. The molecule has 0 heterocycles. The van der Waals surface area contributed by atoms with Crippen LogP contribution in [0.15, 0.2) is 30.3 Å². The molecule has 1 aromatic carbocycles. The van der Waals surface area contributed by atoms with Crippen molar-refractivity contribution in [3.63, 3.8) is 0 Å². The molecule has 2 rings (SSSR count). The molecule has 1 aliphatic rings. The maximum atomic E-state index is 9.88. The van der Waals surface area contributed by atoms with E-state index in [0.717, 1.165) is 18.4 Å². The molecule has 0 bridgehead atoms. The van der Waals surface area contributed by atoms with Crippen LogP contribution in [0, 0.1) is 0 Å². The number of hydrogen-bond acceptors (Lipinski definition) is 3. The zero-order valence-electron chi connectivity index (χ0n) is 9.50. The van der Waals surface area contributed by atoms with Crippen LogP contribution < -0.4 is 0 Å². The van der Waals surface area contributed by atoms with Crippen molar-refractivity contribution >= 4 is 0 Å². The molecular weight excluding hydrogens is 204 g/mol. The predicted octanol–water partition coefficient (Wildman–Crippen LogP) is 1.74. The molecule has 3 atom stereocenters. The summed E-state index contributed by atoms with van der Waals surface area (Å²) in [6.07, 6.45) is 1.09. The van der Waals surface area contributed by atoms with Gasteiger partial charge >= 0.3 is 0 Å². The molecule has 0 aliphatic heterocycles. The minimum Gasteiger partial charge on any atom is -0.388 e. The van der Waals surface area contributed by atoms with Gasteiger partial charge < -0.3 is 14.6 Å². The van der Waals surface area contributed by atoms with E-state index in [1.807, 2.05) is 30.3 Å². The van der Waals surface area contributed by atoms with E-state index in [-0.39, 0.29) is 12.2 Å². The average molecular weight is 222 g/mol. The lowest BCUT2D eigenvalue weighted by molar-refractivity contribution is -0.0703. The van der Waals surface area contributed by atoms with Crippen molar-refractivity contribution < 1.29 is 14.6 Å². The van der Waals surface area contributed by atoms with Gasteiger partial charge in [-0.2, -0.15) is 0 Å². The number of hydrogen-bond donors (Lipinski definition) is 1. The minimum atomic E-state index is -0.492. The zero-order valence-corrected chi connectivity index (χ0v) is 9.50. The minimum absolute atomic E-state index is 0.0687. The molecule has 0 saturated heterocycles. The molecule has 0 spiro atoms. The lowest BCUT2D eigenvalue weighted by Crippen LogP contribution is -2.31. The van der Waals surface area contributed by atoms with Crippen LogP contribution in [0.3, 0.4) is 0 Å². The third-order valence-electron chi connectivity index (χ3n) is 3.11. The summed E-state index contributed by atoms with van der Waals surface area (Å²) in [6, 6.07) is 10.0. The van der Waals surface area contributed by atoms with Crippen molar-refractivity contribution in [3.05, 3.63) is 35.9 Å². The van der Waals surface area contributed by atoms with Crippen LogP contribution in [-0.4, -0.2) is 30.5 Å². The Morgan fingerprint density at radius 1 is 1.19 bits per heavy atom. The molecule has 3 heteroatoms. The molecule has 16 heavy (non-hydrogen) atoms.